The molecule has 0 spiro atoms. The molecule has 0 saturated heterocycles. The monoisotopic (exact) mass is 620 g/mol. The average Bonchev–Trinajstić information content (AvgIpc) is 3.09. The van der Waals surface area contributed by atoms with E-state index in [0.29, 0.717) is 29.1 Å². The minimum absolute atomic E-state index is 0.0984. The van der Waals surface area contributed by atoms with Gasteiger partial charge in [0.1, 0.15) is 35.7 Å². The summed E-state index contributed by atoms with van der Waals surface area (Å²) in [5.41, 5.74) is 3.17. The van der Waals surface area contributed by atoms with Crippen LogP contribution in [0.3, 0.4) is 0 Å². The number of methoxy groups -OCH3 is 1. The molecule has 46 heavy (non-hydrogen) atoms. The molecule has 0 aromatic heterocycles. The van der Waals surface area contributed by atoms with Crippen molar-refractivity contribution in [1.82, 2.24) is 0 Å². The minimum atomic E-state index is -0.760. The molecule has 0 amide bonds. The molecule has 0 fully saturated rings. The van der Waals surface area contributed by atoms with Crippen LogP contribution >= 0.6 is 0 Å². The van der Waals surface area contributed by atoms with Crippen LogP contribution in [0.1, 0.15) is 27.0 Å². The second-order valence-electron chi connectivity index (χ2n) is 10.6. The third kappa shape index (κ3) is 8.15. The van der Waals surface area contributed by atoms with Gasteiger partial charge in [0, 0.05) is 29.8 Å². The first-order valence-corrected chi connectivity index (χ1v) is 14.9. The molecule has 0 unspecified atom stereocenters. The molecule has 0 saturated carbocycles. The van der Waals surface area contributed by atoms with Crippen LogP contribution in [0.15, 0.2) is 127 Å². The van der Waals surface area contributed by atoms with Crippen LogP contribution in [-0.4, -0.2) is 38.1 Å². The average molecular weight is 621 g/mol. The van der Waals surface area contributed by atoms with Crippen molar-refractivity contribution in [1.29, 1.82) is 0 Å². The van der Waals surface area contributed by atoms with Gasteiger partial charge in [-0.25, -0.2) is 13.6 Å². The van der Waals surface area contributed by atoms with Crippen molar-refractivity contribution in [3.05, 3.63) is 161 Å². The van der Waals surface area contributed by atoms with Crippen molar-refractivity contribution in [3.63, 3.8) is 0 Å². The molecular formula is C38H34F2N2O4. The first-order chi connectivity index (χ1) is 22.4. The topological polar surface area (TPSA) is 67.9 Å². The third-order valence-electron chi connectivity index (χ3n) is 7.49. The molecule has 234 valence electrons. The van der Waals surface area contributed by atoms with E-state index in [9.17, 15) is 18.4 Å². The molecular weight excluding hydrogens is 586 g/mol. The quantitative estimate of drug-likeness (QED) is 0.103. The molecule has 0 heterocycles. The van der Waals surface area contributed by atoms with Crippen molar-refractivity contribution < 1.29 is 27.8 Å². The van der Waals surface area contributed by atoms with Crippen molar-refractivity contribution in [3.8, 4) is 5.75 Å². The standard InChI is InChI=1S/C38H34F2N2O4/c1-45-38(44)35(41-34-18-9-8-15-31(34)37(43)29-13-6-3-7-14-29)25-27-19-21-30(22-20-27)46-24-23-42(26-28-11-4-2-5-12-28)36-32(39)16-10-17-33(36)40/h2-22,35,41H,23-26H2,1H3/t35-/m0/s1. The maximum absolute atomic E-state index is 14.7. The fourth-order valence-electron chi connectivity index (χ4n) is 5.17. The number of anilines is 2. The Morgan fingerprint density at radius 3 is 2.04 bits per heavy atom. The highest BCUT2D eigenvalue weighted by Gasteiger charge is 2.23. The Labute approximate surface area is 267 Å². The first-order valence-electron chi connectivity index (χ1n) is 14.9. The lowest BCUT2D eigenvalue weighted by Crippen LogP contribution is -2.33. The summed E-state index contributed by atoms with van der Waals surface area (Å²) in [5, 5.41) is 3.21. The molecule has 8 heteroatoms. The second kappa shape index (κ2) is 15.5. The van der Waals surface area contributed by atoms with Crippen LogP contribution in [0.4, 0.5) is 20.2 Å². The predicted molar refractivity (Wildman–Crippen MR) is 175 cm³/mol. The molecule has 5 aromatic carbocycles. The number of carbonyl (C=O) groups excluding carboxylic acids is 2. The number of ketones is 1. The summed E-state index contributed by atoms with van der Waals surface area (Å²) in [5.74, 6) is -1.34. The SMILES string of the molecule is COC(=O)[C@H](Cc1ccc(OCCN(Cc2ccccc2)c2c(F)cccc2F)cc1)Nc1ccccc1C(=O)c1ccccc1. The molecule has 1 N–H and O–H groups in total. The van der Waals surface area contributed by atoms with Crippen LogP contribution < -0.4 is 15.0 Å². The Balaban J connectivity index is 1.24. The molecule has 1 atom stereocenters. The van der Waals surface area contributed by atoms with Gasteiger partial charge in [-0.1, -0.05) is 91.0 Å². The van der Waals surface area contributed by atoms with E-state index in [0.717, 1.165) is 11.1 Å². The van der Waals surface area contributed by atoms with Crippen LogP contribution in [0.25, 0.3) is 0 Å². The van der Waals surface area contributed by atoms with Gasteiger partial charge in [0.25, 0.3) is 0 Å². The van der Waals surface area contributed by atoms with Crippen LogP contribution in [0.5, 0.6) is 5.75 Å². The van der Waals surface area contributed by atoms with E-state index in [1.807, 2.05) is 48.5 Å². The van der Waals surface area contributed by atoms with Gasteiger partial charge in [0.15, 0.2) is 5.78 Å². The molecule has 0 aliphatic carbocycles. The number of ether oxygens (including phenoxy) is 2. The van der Waals surface area contributed by atoms with E-state index in [2.05, 4.69) is 5.32 Å². The van der Waals surface area contributed by atoms with Crippen LogP contribution in [-0.2, 0) is 22.5 Å². The van der Waals surface area contributed by atoms with Gasteiger partial charge in [-0.15, -0.1) is 0 Å². The second-order valence-corrected chi connectivity index (χ2v) is 10.6. The van der Waals surface area contributed by atoms with Gasteiger partial charge in [-0.3, -0.25) is 4.79 Å². The molecule has 0 bridgehead atoms. The molecule has 0 aliphatic rings. The number of benzene rings is 5. The van der Waals surface area contributed by atoms with E-state index in [1.54, 1.807) is 65.6 Å². The van der Waals surface area contributed by atoms with Gasteiger partial charge >= 0.3 is 5.97 Å². The van der Waals surface area contributed by atoms with E-state index >= 15 is 0 Å². The maximum atomic E-state index is 14.7. The molecule has 6 nitrogen and oxygen atoms in total. The Morgan fingerprint density at radius 2 is 1.37 bits per heavy atom. The van der Waals surface area contributed by atoms with Crippen molar-refractivity contribution in [2.45, 2.75) is 19.0 Å². The highest BCUT2D eigenvalue weighted by molar-refractivity contribution is 6.12. The highest BCUT2D eigenvalue weighted by Crippen LogP contribution is 2.26. The Hall–Kier alpha value is -5.50. The number of carbonyl (C=O) groups is 2. The summed E-state index contributed by atoms with van der Waals surface area (Å²) in [4.78, 5) is 27.6. The van der Waals surface area contributed by atoms with E-state index < -0.39 is 23.6 Å². The molecule has 5 aromatic rings. The van der Waals surface area contributed by atoms with Crippen molar-refractivity contribution >= 4 is 23.1 Å². The Bertz CT molecular complexity index is 1730. The summed E-state index contributed by atoms with van der Waals surface area (Å²) in [7, 11) is 1.32. The summed E-state index contributed by atoms with van der Waals surface area (Å²) in [6.07, 6.45) is 0.290. The van der Waals surface area contributed by atoms with Crippen LogP contribution in [0.2, 0.25) is 0 Å². The minimum Gasteiger partial charge on any atom is -0.492 e. The zero-order valence-electron chi connectivity index (χ0n) is 25.4. The lowest BCUT2D eigenvalue weighted by molar-refractivity contribution is -0.141. The summed E-state index contributed by atoms with van der Waals surface area (Å²) in [6, 6.07) is 35.8. The fraction of sp³-hybridized carbons (Fsp3) is 0.158. The zero-order chi connectivity index (χ0) is 32.3. The number of halogens is 2. The van der Waals surface area contributed by atoms with Crippen molar-refractivity contribution in [2.75, 3.05) is 30.5 Å². The van der Waals surface area contributed by atoms with E-state index in [-0.39, 0.29) is 31.0 Å². The number of hydrogen-bond donors (Lipinski definition) is 1. The third-order valence-corrected chi connectivity index (χ3v) is 7.49. The van der Waals surface area contributed by atoms with Gasteiger partial charge in [-0.2, -0.15) is 0 Å². The molecule has 0 aliphatic heterocycles. The summed E-state index contributed by atoms with van der Waals surface area (Å²) >= 11 is 0. The van der Waals surface area contributed by atoms with Crippen molar-refractivity contribution in [2.24, 2.45) is 0 Å². The number of hydrogen-bond acceptors (Lipinski definition) is 6. The van der Waals surface area contributed by atoms with E-state index in [1.165, 1.54) is 25.3 Å². The number of nitrogens with one attached hydrogen (secondary N) is 1. The smallest absolute Gasteiger partial charge is 0.328 e. The first kappa shape index (κ1) is 31.9. The fourth-order valence-corrected chi connectivity index (χ4v) is 5.17. The summed E-state index contributed by atoms with van der Waals surface area (Å²) in [6.45, 7) is 0.728. The lowest BCUT2D eigenvalue weighted by atomic mass is 10.00. The number of rotatable bonds is 14. The predicted octanol–water partition coefficient (Wildman–Crippen LogP) is 7.48. The Morgan fingerprint density at radius 1 is 0.739 bits per heavy atom. The number of para-hydroxylation sites is 2. The van der Waals surface area contributed by atoms with Gasteiger partial charge < -0.3 is 19.7 Å². The maximum Gasteiger partial charge on any atom is 0.328 e. The normalized spacial score (nSPS) is 11.4. The zero-order valence-corrected chi connectivity index (χ0v) is 25.4. The highest BCUT2D eigenvalue weighted by atomic mass is 19.1. The summed E-state index contributed by atoms with van der Waals surface area (Å²) < 4.78 is 40.4. The van der Waals surface area contributed by atoms with Gasteiger partial charge in [-0.05, 0) is 47.5 Å². The largest absolute Gasteiger partial charge is 0.492 e. The van der Waals surface area contributed by atoms with Crippen LogP contribution in [0, 0.1) is 11.6 Å². The Kier molecular flexibility index (Phi) is 10.7. The van der Waals surface area contributed by atoms with Gasteiger partial charge in [0.2, 0.25) is 0 Å². The lowest BCUT2D eigenvalue weighted by Gasteiger charge is -2.26. The molecule has 5 rings (SSSR count). The van der Waals surface area contributed by atoms with Gasteiger partial charge in [0.05, 0.1) is 13.7 Å². The molecule has 0 radical (unpaired) electrons. The van der Waals surface area contributed by atoms with E-state index in [4.69, 9.17) is 9.47 Å². The number of nitrogens with zero attached hydrogens (tertiary/aromatic N) is 1. The number of esters is 1.